The van der Waals surface area contributed by atoms with E-state index in [9.17, 15) is 0 Å². The maximum absolute atomic E-state index is 6.56. The maximum atomic E-state index is 6.56. The van der Waals surface area contributed by atoms with Gasteiger partial charge in [0, 0.05) is 45.4 Å². The number of aromatic nitrogens is 3. The predicted molar refractivity (Wildman–Crippen MR) is 217 cm³/mol. The standard InChI is InChI=1S/C49H31N3O/c1-2-11-34(12-3-1)49-51-45(38-15-8-14-36(27-38)33-22-24-50-25-23-33)31-46(52-49)41-29-39(37-21-20-32-10-4-5-13-35(32)26-37)28-40(30-41)42-17-9-18-44-43-16-6-7-19-47(43)53-48(42)44/h1-31H. The molecule has 3 aromatic heterocycles. The van der Waals surface area contributed by atoms with Gasteiger partial charge in [-0.25, -0.2) is 9.97 Å². The monoisotopic (exact) mass is 677 g/mol. The van der Waals surface area contributed by atoms with E-state index in [2.05, 4.69) is 138 Å². The van der Waals surface area contributed by atoms with Gasteiger partial charge >= 0.3 is 0 Å². The lowest BCUT2D eigenvalue weighted by Gasteiger charge is -2.14. The zero-order chi connectivity index (χ0) is 35.1. The molecule has 0 unspecified atom stereocenters. The number of pyridine rings is 1. The van der Waals surface area contributed by atoms with Crippen LogP contribution >= 0.6 is 0 Å². The Morgan fingerprint density at radius 3 is 1.89 bits per heavy atom. The number of hydrogen-bond donors (Lipinski definition) is 0. The van der Waals surface area contributed by atoms with Crippen molar-refractivity contribution in [3.05, 3.63) is 188 Å². The fraction of sp³-hybridized carbons (Fsp3) is 0. The first-order chi connectivity index (χ1) is 26.2. The SMILES string of the molecule is c1ccc(-c2nc(-c3cccc(-c4ccncc4)c3)cc(-c3cc(-c4ccc5ccccc5c4)cc(-c4cccc5c4oc4ccccc45)c3)n2)cc1. The molecule has 0 saturated heterocycles. The molecule has 0 aliphatic carbocycles. The number of nitrogens with zero attached hydrogens (tertiary/aromatic N) is 3. The van der Waals surface area contributed by atoms with Gasteiger partial charge in [0.15, 0.2) is 5.82 Å². The van der Waals surface area contributed by atoms with Gasteiger partial charge in [0.25, 0.3) is 0 Å². The third-order valence-corrected chi connectivity index (χ3v) is 9.96. The molecule has 248 valence electrons. The molecular weight excluding hydrogens is 647 g/mol. The molecule has 0 amide bonds. The molecule has 0 saturated carbocycles. The molecule has 7 aromatic carbocycles. The van der Waals surface area contributed by atoms with E-state index in [4.69, 9.17) is 14.4 Å². The van der Waals surface area contributed by atoms with Gasteiger partial charge in [-0.3, -0.25) is 4.98 Å². The van der Waals surface area contributed by atoms with Crippen molar-refractivity contribution in [2.24, 2.45) is 0 Å². The smallest absolute Gasteiger partial charge is 0.160 e. The Bertz CT molecular complexity index is 2950. The molecule has 0 aliphatic heterocycles. The summed E-state index contributed by atoms with van der Waals surface area (Å²) in [5.41, 5.74) is 12.9. The zero-order valence-corrected chi connectivity index (χ0v) is 28.6. The van der Waals surface area contributed by atoms with E-state index in [0.717, 1.165) is 83.4 Å². The predicted octanol–water partition coefficient (Wildman–Crippen LogP) is 12.9. The Hall–Kier alpha value is -7.17. The minimum atomic E-state index is 0.671. The van der Waals surface area contributed by atoms with E-state index in [1.54, 1.807) is 0 Å². The van der Waals surface area contributed by atoms with E-state index < -0.39 is 0 Å². The highest BCUT2D eigenvalue weighted by atomic mass is 16.3. The van der Waals surface area contributed by atoms with Crippen molar-refractivity contribution in [1.29, 1.82) is 0 Å². The second-order valence-corrected chi connectivity index (χ2v) is 13.3. The Morgan fingerprint density at radius 2 is 1.00 bits per heavy atom. The van der Waals surface area contributed by atoms with Crippen LogP contribution in [0, 0.1) is 0 Å². The van der Waals surface area contributed by atoms with Gasteiger partial charge in [-0.05, 0) is 93.2 Å². The first-order valence-corrected chi connectivity index (χ1v) is 17.7. The number of furan rings is 1. The molecule has 3 heterocycles. The van der Waals surface area contributed by atoms with Crippen molar-refractivity contribution in [3.8, 4) is 67.3 Å². The molecule has 0 radical (unpaired) electrons. The van der Waals surface area contributed by atoms with Crippen LogP contribution < -0.4 is 0 Å². The summed E-state index contributed by atoms with van der Waals surface area (Å²) >= 11 is 0. The highest BCUT2D eigenvalue weighted by molar-refractivity contribution is 6.10. The van der Waals surface area contributed by atoms with Crippen LogP contribution in [0.1, 0.15) is 0 Å². The maximum Gasteiger partial charge on any atom is 0.160 e. The Balaban J connectivity index is 1.21. The van der Waals surface area contributed by atoms with Gasteiger partial charge in [0.05, 0.1) is 11.4 Å². The van der Waals surface area contributed by atoms with Crippen LogP contribution in [0.2, 0.25) is 0 Å². The highest BCUT2D eigenvalue weighted by Crippen LogP contribution is 2.40. The minimum Gasteiger partial charge on any atom is -0.455 e. The van der Waals surface area contributed by atoms with E-state index in [-0.39, 0.29) is 0 Å². The second-order valence-electron chi connectivity index (χ2n) is 13.3. The summed E-state index contributed by atoms with van der Waals surface area (Å²) in [5.74, 6) is 0.671. The van der Waals surface area contributed by atoms with Crippen molar-refractivity contribution in [1.82, 2.24) is 15.0 Å². The largest absolute Gasteiger partial charge is 0.455 e. The van der Waals surface area contributed by atoms with Crippen LogP contribution in [0.4, 0.5) is 0 Å². The van der Waals surface area contributed by atoms with Crippen molar-refractivity contribution in [2.75, 3.05) is 0 Å². The molecule has 4 heteroatoms. The average molecular weight is 678 g/mol. The van der Waals surface area contributed by atoms with Crippen molar-refractivity contribution in [2.45, 2.75) is 0 Å². The lowest BCUT2D eigenvalue weighted by atomic mass is 9.92. The second kappa shape index (κ2) is 12.9. The van der Waals surface area contributed by atoms with Gasteiger partial charge in [-0.15, -0.1) is 0 Å². The average Bonchev–Trinajstić information content (AvgIpc) is 3.63. The van der Waals surface area contributed by atoms with Crippen molar-refractivity contribution < 1.29 is 4.42 Å². The fourth-order valence-corrected chi connectivity index (χ4v) is 7.30. The Kier molecular flexibility index (Phi) is 7.43. The highest BCUT2D eigenvalue weighted by Gasteiger charge is 2.17. The van der Waals surface area contributed by atoms with E-state index >= 15 is 0 Å². The molecule has 0 aliphatic rings. The third kappa shape index (κ3) is 5.73. The zero-order valence-electron chi connectivity index (χ0n) is 28.6. The summed E-state index contributed by atoms with van der Waals surface area (Å²) < 4.78 is 6.56. The van der Waals surface area contributed by atoms with Gasteiger partial charge in [-0.2, -0.15) is 0 Å². The lowest BCUT2D eigenvalue weighted by Crippen LogP contribution is -1.97. The molecule has 10 aromatic rings. The normalized spacial score (nSPS) is 11.4. The number of benzene rings is 7. The Morgan fingerprint density at radius 1 is 0.358 bits per heavy atom. The molecule has 0 atom stereocenters. The van der Waals surface area contributed by atoms with Gasteiger partial charge in [0.1, 0.15) is 11.2 Å². The summed E-state index contributed by atoms with van der Waals surface area (Å²) in [5, 5.41) is 4.61. The summed E-state index contributed by atoms with van der Waals surface area (Å²) in [6.45, 7) is 0. The number of rotatable bonds is 6. The van der Waals surface area contributed by atoms with Crippen LogP contribution in [-0.4, -0.2) is 15.0 Å². The van der Waals surface area contributed by atoms with Crippen LogP contribution in [0.25, 0.3) is 100.0 Å². The van der Waals surface area contributed by atoms with Gasteiger partial charge in [-0.1, -0.05) is 121 Å². The fourth-order valence-electron chi connectivity index (χ4n) is 7.30. The quantitative estimate of drug-likeness (QED) is 0.176. The molecular formula is C49H31N3O. The molecule has 53 heavy (non-hydrogen) atoms. The third-order valence-electron chi connectivity index (χ3n) is 9.96. The van der Waals surface area contributed by atoms with Gasteiger partial charge in [0.2, 0.25) is 0 Å². The van der Waals surface area contributed by atoms with Crippen molar-refractivity contribution in [3.63, 3.8) is 0 Å². The van der Waals surface area contributed by atoms with Crippen LogP contribution in [0.15, 0.2) is 193 Å². The van der Waals surface area contributed by atoms with E-state index in [1.165, 1.54) is 10.8 Å². The molecule has 10 rings (SSSR count). The summed E-state index contributed by atoms with van der Waals surface area (Å²) in [6, 6.07) is 61.5. The van der Waals surface area contributed by atoms with E-state index in [0.29, 0.717) is 5.82 Å². The summed E-state index contributed by atoms with van der Waals surface area (Å²) in [6.07, 6.45) is 3.65. The topological polar surface area (TPSA) is 51.8 Å². The summed E-state index contributed by atoms with van der Waals surface area (Å²) in [4.78, 5) is 14.6. The number of para-hydroxylation sites is 2. The minimum absolute atomic E-state index is 0.671. The first-order valence-electron chi connectivity index (χ1n) is 17.7. The number of fused-ring (bicyclic) bond motifs is 4. The Labute approximate surface area is 306 Å². The lowest BCUT2D eigenvalue weighted by molar-refractivity contribution is 0.670. The molecule has 0 spiro atoms. The molecule has 0 bridgehead atoms. The summed E-state index contributed by atoms with van der Waals surface area (Å²) in [7, 11) is 0. The number of hydrogen-bond acceptors (Lipinski definition) is 4. The van der Waals surface area contributed by atoms with Crippen LogP contribution in [-0.2, 0) is 0 Å². The van der Waals surface area contributed by atoms with Crippen molar-refractivity contribution >= 4 is 32.7 Å². The first kappa shape index (κ1) is 30.6. The molecule has 4 nitrogen and oxygen atoms in total. The van der Waals surface area contributed by atoms with E-state index in [1.807, 2.05) is 54.9 Å². The van der Waals surface area contributed by atoms with Crippen LogP contribution in [0.5, 0.6) is 0 Å². The van der Waals surface area contributed by atoms with Gasteiger partial charge < -0.3 is 4.42 Å². The molecule has 0 fully saturated rings. The van der Waals surface area contributed by atoms with Crippen LogP contribution in [0.3, 0.4) is 0 Å². The molecule has 0 N–H and O–H groups in total.